The molecule has 2 atom stereocenters. The number of rotatable bonds is 4. The molecule has 132 valence electrons. The quantitative estimate of drug-likeness (QED) is 0.891. The summed E-state index contributed by atoms with van der Waals surface area (Å²) >= 11 is 0. The van der Waals surface area contributed by atoms with Gasteiger partial charge in [0, 0.05) is 24.8 Å². The smallest absolute Gasteiger partial charge is 0.126 e. The van der Waals surface area contributed by atoms with Crippen LogP contribution in [0.25, 0.3) is 0 Å². The highest BCUT2D eigenvalue weighted by atomic mass is 16.5. The number of hydrogen-bond acceptors (Lipinski definition) is 5. The molecule has 0 bridgehead atoms. The first kappa shape index (κ1) is 16.2. The van der Waals surface area contributed by atoms with Crippen molar-refractivity contribution < 1.29 is 4.74 Å². The molecule has 5 nitrogen and oxygen atoms in total. The van der Waals surface area contributed by atoms with E-state index in [2.05, 4.69) is 63.8 Å². The Bertz CT molecular complexity index is 697. The standard InChI is InChI=1S/C20H26N4O/c1-2-15-13-19(17-5-3-4-6-18(17)22-15)23-20-8-7-16(14-21-20)24-9-11-25-12-10-24/h3-8,14-15,19,22H,2,9-13H2,1H3,(H,21,23)/t15-,19+/m1/s1. The third kappa shape index (κ3) is 3.56. The average molecular weight is 338 g/mol. The van der Waals surface area contributed by atoms with E-state index in [1.807, 2.05) is 6.20 Å². The second kappa shape index (κ2) is 7.31. The Morgan fingerprint density at radius 3 is 2.80 bits per heavy atom. The van der Waals surface area contributed by atoms with Crippen molar-refractivity contribution in [2.45, 2.75) is 31.8 Å². The van der Waals surface area contributed by atoms with Crippen molar-refractivity contribution in [3.63, 3.8) is 0 Å². The number of aromatic nitrogens is 1. The highest BCUT2D eigenvalue weighted by molar-refractivity contribution is 5.58. The summed E-state index contributed by atoms with van der Waals surface area (Å²) in [4.78, 5) is 6.98. The van der Waals surface area contributed by atoms with Crippen molar-refractivity contribution in [3.05, 3.63) is 48.2 Å². The van der Waals surface area contributed by atoms with Crippen LogP contribution < -0.4 is 15.5 Å². The summed E-state index contributed by atoms with van der Waals surface area (Å²) in [6.07, 6.45) is 4.16. The van der Waals surface area contributed by atoms with Crippen LogP contribution in [0.2, 0.25) is 0 Å². The maximum Gasteiger partial charge on any atom is 0.126 e. The van der Waals surface area contributed by atoms with Crippen molar-refractivity contribution in [2.75, 3.05) is 41.8 Å². The van der Waals surface area contributed by atoms with Crippen LogP contribution in [0.4, 0.5) is 17.2 Å². The molecule has 2 N–H and O–H groups in total. The van der Waals surface area contributed by atoms with Crippen molar-refractivity contribution >= 4 is 17.2 Å². The number of hydrogen-bond donors (Lipinski definition) is 2. The van der Waals surface area contributed by atoms with Crippen LogP contribution in [-0.2, 0) is 4.74 Å². The van der Waals surface area contributed by atoms with Crippen LogP contribution in [0.15, 0.2) is 42.6 Å². The first-order valence-electron chi connectivity index (χ1n) is 9.24. The summed E-state index contributed by atoms with van der Waals surface area (Å²) in [5, 5.41) is 7.27. The van der Waals surface area contributed by atoms with Crippen molar-refractivity contribution in [3.8, 4) is 0 Å². The van der Waals surface area contributed by atoms with Gasteiger partial charge in [-0.25, -0.2) is 4.98 Å². The van der Waals surface area contributed by atoms with Crippen LogP contribution >= 0.6 is 0 Å². The van der Waals surface area contributed by atoms with E-state index in [-0.39, 0.29) is 0 Å². The van der Waals surface area contributed by atoms with Gasteiger partial charge >= 0.3 is 0 Å². The molecule has 2 aliphatic heterocycles. The predicted molar refractivity (Wildman–Crippen MR) is 102 cm³/mol. The molecule has 1 saturated heterocycles. The van der Waals surface area contributed by atoms with E-state index in [0.717, 1.165) is 45.0 Å². The fourth-order valence-corrected chi connectivity index (χ4v) is 3.69. The number of morpholine rings is 1. The number of nitrogens with zero attached hydrogens (tertiary/aromatic N) is 2. The molecule has 0 spiro atoms. The lowest BCUT2D eigenvalue weighted by Crippen LogP contribution is -2.36. The zero-order valence-corrected chi connectivity index (χ0v) is 14.7. The van der Waals surface area contributed by atoms with E-state index in [0.29, 0.717) is 12.1 Å². The van der Waals surface area contributed by atoms with Crippen molar-refractivity contribution in [1.29, 1.82) is 0 Å². The number of anilines is 3. The van der Waals surface area contributed by atoms with Gasteiger partial charge in [0.2, 0.25) is 0 Å². The van der Waals surface area contributed by atoms with Gasteiger partial charge in [0.15, 0.2) is 0 Å². The molecule has 0 unspecified atom stereocenters. The van der Waals surface area contributed by atoms with Gasteiger partial charge in [0.05, 0.1) is 31.1 Å². The van der Waals surface area contributed by atoms with Gasteiger partial charge in [-0.3, -0.25) is 0 Å². The number of para-hydroxylation sites is 1. The van der Waals surface area contributed by atoms with E-state index in [4.69, 9.17) is 4.74 Å². The monoisotopic (exact) mass is 338 g/mol. The minimum atomic E-state index is 0.295. The molecule has 0 aliphatic carbocycles. The van der Waals surface area contributed by atoms with E-state index < -0.39 is 0 Å². The van der Waals surface area contributed by atoms with Gasteiger partial charge in [-0.2, -0.15) is 0 Å². The molecule has 2 aliphatic rings. The molecule has 25 heavy (non-hydrogen) atoms. The summed E-state index contributed by atoms with van der Waals surface area (Å²) in [6.45, 7) is 5.70. The lowest BCUT2D eigenvalue weighted by Gasteiger charge is -2.33. The molecule has 1 aromatic carbocycles. The molecule has 0 amide bonds. The van der Waals surface area contributed by atoms with E-state index in [1.165, 1.54) is 16.9 Å². The highest BCUT2D eigenvalue weighted by Crippen LogP contribution is 2.35. The summed E-state index contributed by atoms with van der Waals surface area (Å²) in [7, 11) is 0. The fraction of sp³-hybridized carbons (Fsp3) is 0.450. The summed E-state index contributed by atoms with van der Waals surface area (Å²) < 4.78 is 5.42. The number of benzene rings is 1. The first-order valence-corrected chi connectivity index (χ1v) is 9.24. The SMILES string of the molecule is CC[C@@H]1C[C@H](Nc2ccc(N3CCOCC3)cn2)c2ccccc2N1. The van der Waals surface area contributed by atoms with E-state index in [1.54, 1.807) is 0 Å². The minimum Gasteiger partial charge on any atom is -0.382 e. The normalized spacial score (nSPS) is 22.8. The van der Waals surface area contributed by atoms with Gasteiger partial charge < -0.3 is 20.3 Å². The zero-order valence-electron chi connectivity index (χ0n) is 14.7. The van der Waals surface area contributed by atoms with Crippen LogP contribution in [0.5, 0.6) is 0 Å². The van der Waals surface area contributed by atoms with Gasteiger partial charge in [0.25, 0.3) is 0 Å². The second-order valence-electron chi connectivity index (χ2n) is 6.77. The number of fused-ring (bicyclic) bond motifs is 1. The Morgan fingerprint density at radius 1 is 1.20 bits per heavy atom. The van der Waals surface area contributed by atoms with Crippen LogP contribution in [0.1, 0.15) is 31.4 Å². The fourth-order valence-electron chi connectivity index (χ4n) is 3.69. The third-order valence-electron chi connectivity index (χ3n) is 5.16. The van der Waals surface area contributed by atoms with Gasteiger partial charge in [0.1, 0.15) is 5.82 Å². The van der Waals surface area contributed by atoms with Crippen LogP contribution in [0, 0.1) is 0 Å². The first-order chi connectivity index (χ1) is 12.3. The lowest BCUT2D eigenvalue weighted by molar-refractivity contribution is 0.122. The molecule has 5 heteroatoms. The summed E-state index contributed by atoms with van der Waals surface area (Å²) in [6, 6.07) is 13.6. The second-order valence-corrected chi connectivity index (χ2v) is 6.77. The van der Waals surface area contributed by atoms with E-state index >= 15 is 0 Å². The summed E-state index contributed by atoms with van der Waals surface area (Å²) in [5.74, 6) is 0.938. The van der Waals surface area contributed by atoms with Crippen molar-refractivity contribution in [2.24, 2.45) is 0 Å². The predicted octanol–water partition coefficient (Wildman–Crippen LogP) is 3.67. The summed E-state index contributed by atoms with van der Waals surface area (Å²) in [5.41, 5.74) is 3.74. The molecule has 1 fully saturated rings. The molecule has 3 heterocycles. The number of ether oxygens (including phenoxy) is 1. The lowest BCUT2D eigenvalue weighted by atomic mass is 9.92. The Labute approximate surface area is 149 Å². The van der Waals surface area contributed by atoms with Gasteiger partial charge in [-0.1, -0.05) is 25.1 Å². The zero-order chi connectivity index (χ0) is 17.1. The third-order valence-corrected chi connectivity index (χ3v) is 5.16. The van der Waals surface area contributed by atoms with Gasteiger partial charge in [-0.05, 0) is 36.6 Å². The van der Waals surface area contributed by atoms with Gasteiger partial charge in [-0.15, -0.1) is 0 Å². The van der Waals surface area contributed by atoms with Crippen LogP contribution in [0.3, 0.4) is 0 Å². The Morgan fingerprint density at radius 2 is 2.04 bits per heavy atom. The molecule has 0 saturated carbocycles. The Hall–Kier alpha value is -2.27. The molecular formula is C20H26N4O. The maximum atomic E-state index is 5.42. The Balaban J connectivity index is 1.49. The van der Waals surface area contributed by atoms with Crippen LogP contribution in [-0.4, -0.2) is 37.3 Å². The number of pyridine rings is 1. The Kier molecular flexibility index (Phi) is 4.74. The molecule has 2 aromatic rings. The van der Waals surface area contributed by atoms with Crippen molar-refractivity contribution in [1.82, 2.24) is 4.98 Å². The molecule has 1 aromatic heterocycles. The maximum absolute atomic E-state index is 5.42. The minimum absolute atomic E-state index is 0.295. The number of nitrogens with one attached hydrogen (secondary N) is 2. The topological polar surface area (TPSA) is 49.4 Å². The molecular weight excluding hydrogens is 312 g/mol. The highest BCUT2D eigenvalue weighted by Gasteiger charge is 2.25. The van der Waals surface area contributed by atoms with E-state index in [9.17, 15) is 0 Å². The molecule has 0 radical (unpaired) electrons. The average Bonchev–Trinajstić information content (AvgIpc) is 2.69. The largest absolute Gasteiger partial charge is 0.382 e. The molecule has 4 rings (SSSR count).